The molecular weight excluding hydrogens is 270 g/mol. The lowest BCUT2D eigenvalue weighted by atomic mass is 10.1. The summed E-state index contributed by atoms with van der Waals surface area (Å²) < 4.78 is 10.3. The minimum absolute atomic E-state index is 0.304. The van der Waals surface area contributed by atoms with Crippen molar-refractivity contribution in [2.24, 2.45) is 0 Å². The molecular formula is C15H17N3O3. The molecule has 0 heterocycles. The molecule has 0 aliphatic rings. The molecule has 0 saturated heterocycles. The van der Waals surface area contributed by atoms with E-state index in [4.69, 9.17) is 20.9 Å². The summed E-state index contributed by atoms with van der Waals surface area (Å²) in [7, 11) is 3.08. The van der Waals surface area contributed by atoms with Crippen LogP contribution in [-0.2, 0) is 0 Å². The van der Waals surface area contributed by atoms with Crippen molar-refractivity contribution in [1.82, 2.24) is 0 Å². The molecule has 2 aromatic carbocycles. The molecule has 0 atom stereocenters. The van der Waals surface area contributed by atoms with Crippen molar-refractivity contribution >= 4 is 23.0 Å². The highest BCUT2D eigenvalue weighted by Gasteiger charge is 2.10. The second-order valence-corrected chi connectivity index (χ2v) is 4.41. The van der Waals surface area contributed by atoms with Gasteiger partial charge in [-0.1, -0.05) is 0 Å². The number of nitrogens with one attached hydrogen (secondary N) is 1. The van der Waals surface area contributed by atoms with Crippen molar-refractivity contribution in [1.29, 1.82) is 0 Å². The van der Waals surface area contributed by atoms with Crippen LogP contribution in [0, 0.1) is 0 Å². The second-order valence-electron chi connectivity index (χ2n) is 4.41. The van der Waals surface area contributed by atoms with Crippen molar-refractivity contribution in [2.45, 2.75) is 0 Å². The van der Waals surface area contributed by atoms with Crippen LogP contribution in [0.5, 0.6) is 11.5 Å². The Morgan fingerprint density at radius 3 is 2.14 bits per heavy atom. The maximum atomic E-state index is 12.2. The minimum Gasteiger partial charge on any atom is -0.493 e. The predicted molar refractivity (Wildman–Crippen MR) is 82.8 cm³/mol. The van der Waals surface area contributed by atoms with Gasteiger partial charge in [-0.15, -0.1) is 0 Å². The Morgan fingerprint density at radius 2 is 1.57 bits per heavy atom. The van der Waals surface area contributed by atoms with Gasteiger partial charge < -0.3 is 26.3 Å². The van der Waals surface area contributed by atoms with Gasteiger partial charge in [0.25, 0.3) is 5.91 Å². The fourth-order valence-electron chi connectivity index (χ4n) is 1.92. The lowest BCUT2D eigenvalue weighted by molar-refractivity contribution is 0.102. The molecule has 6 heteroatoms. The van der Waals surface area contributed by atoms with E-state index in [-0.39, 0.29) is 5.91 Å². The van der Waals surface area contributed by atoms with E-state index in [2.05, 4.69) is 5.32 Å². The molecule has 0 radical (unpaired) electrons. The first-order valence-corrected chi connectivity index (χ1v) is 6.23. The minimum atomic E-state index is -0.304. The first kappa shape index (κ1) is 14.5. The summed E-state index contributed by atoms with van der Waals surface area (Å²) in [6.45, 7) is 0. The van der Waals surface area contributed by atoms with E-state index in [1.54, 1.807) is 43.5 Å². The molecule has 0 saturated carbocycles. The summed E-state index contributed by atoms with van der Waals surface area (Å²) in [5, 5.41) is 2.75. The normalized spacial score (nSPS) is 10.0. The van der Waals surface area contributed by atoms with Crippen LogP contribution in [-0.4, -0.2) is 20.1 Å². The Kier molecular flexibility index (Phi) is 4.18. The van der Waals surface area contributed by atoms with Crippen LogP contribution >= 0.6 is 0 Å². The van der Waals surface area contributed by atoms with Gasteiger partial charge in [-0.25, -0.2) is 0 Å². The van der Waals surface area contributed by atoms with Crippen LogP contribution in [0.15, 0.2) is 36.4 Å². The number of anilines is 3. The summed E-state index contributed by atoms with van der Waals surface area (Å²) in [6, 6.07) is 9.82. The molecule has 2 rings (SSSR count). The van der Waals surface area contributed by atoms with Crippen molar-refractivity contribution in [2.75, 3.05) is 31.0 Å². The molecule has 0 spiro atoms. The zero-order valence-electron chi connectivity index (χ0n) is 11.8. The molecule has 110 valence electrons. The van der Waals surface area contributed by atoms with E-state index in [1.807, 2.05) is 0 Å². The zero-order chi connectivity index (χ0) is 15.4. The van der Waals surface area contributed by atoms with Gasteiger partial charge in [0.15, 0.2) is 11.5 Å². The Balaban J connectivity index is 2.23. The van der Waals surface area contributed by atoms with Crippen molar-refractivity contribution in [3.63, 3.8) is 0 Å². The number of hydrogen-bond acceptors (Lipinski definition) is 5. The van der Waals surface area contributed by atoms with Gasteiger partial charge in [-0.3, -0.25) is 4.79 Å². The molecule has 21 heavy (non-hydrogen) atoms. The van der Waals surface area contributed by atoms with E-state index < -0.39 is 0 Å². The number of methoxy groups -OCH3 is 2. The molecule has 1 amide bonds. The fourth-order valence-corrected chi connectivity index (χ4v) is 1.92. The van der Waals surface area contributed by atoms with Crippen LogP contribution in [0.3, 0.4) is 0 Å². The maximum absolute atomic E-state index is 12.2. The smallest absolute Gasteiger partial charge is 0.255 e. The number of carbonyl (C=O) groups is 1. The Bertz CT molecular complexity index is 651. The first-order chi connectivity index (χ1) is 10.0. The highest BCUT2D eigenvalue weighted by molar-refractivity contribution is 6.05. The molecule has 0 aliphatic carbocycles. The van der Waals surface area contributed by atoms with Crippen LogP contribution in [0.25, 0.3) is 0 Å². The van der Waals surface area contributed by atoms with Gasteiger partial charge >= 0.3 is 0 Å². The van der Waals surface area contributed by atoms with Gasteiger partial charge in [0.2, 0.25) is 0 Å². The largest absolute Gasteiger partial charge is 0.493 e. The van der Waals surface area contributed by atoms with E-state index in [9.17, 15) is 4.79 Å². The van der Waals surface area contributed by atoms with Crippen LogP contribution < -0.4 is 26.3 Å². The molecule has 0 fully saturated rings. The average molecular weight is 287 g/mol. The van der Waals surface area contributed by atoms with Crippen LogP contribution in [0.1, 0.15) is 10.4 Å². The number of benzene rings is 2. The summed E-state index contributed by atoms with van der Waals surface area (Å²) in [5.74, 6) is 0.812. The maximum Gasteiger partial charge on any atom is 0.255 e. The molecule has 5 N–H and O–H groups in total. The number of amides is 1. The van der Waals surface area contributed by atoms with E-state index in [0.717, 1.165) is 0 Å². The SMILES string of the molecule is COc1ccc(NC(=O)c2cc(N)cc(N)c2)cc1OC. The van der Waals surface area contributed by atoms with E-state index in [1.165, 1.54) is 7.11 Å². The highest BCUT2D eigenvalue weighted by atomic mass is 16.5. The Morgan fingerprint density at radius 1 is 0.952 bits per heavy atom. The van der Waals surface area contributed by atoms with Crippen molar-refractivity contribution in [3.05, 3.63) is 42.0 Å². The number of hydrogen-bond donors (Lipinski definition) is 3. The van der Waals surface area contributed by atoms with Crippen molar-refractivity contribution in [3.8, 4) is 11.5 Å². The van der Waals surface area contributed by atoms with E-state index >= 15 is 0 Å². The first-order valence-electron chi connectivity index (χ1n) is 6.23. The number of ether oxygens (including phenoxy) is 2. The second kappa shape index (κ2) is 6.04. The lowest BCUT2D eigenvalue weighted by Gasteiger charge is -2.11. The number of nitrogens with two attached hydrogens (primary N) is 2. The van der Waals surface area contributed by atoms with Gasteiger partial charge in [0.05, 0.1) is 14.2 Å². The van der Waals surface area contributed by atoms with Gasteiger partial charge in [0, 0.05) is 28.7 Å². The van der Waals surface area contributed by atoms with E-state index in [0.29, 0.717) is 34.1 Å². The standard InChI is InChI=1S/C15H17N3O3/c1-20-13-4-3-12(8-14(13)21-2)18-15(19)9-5-10(16)7-11(17)6-9/h3-8H,16-17H2,1-2H3,(H,18,19). The van der Waals surface area contributed by atoms with Crippen LogP contribution in [0.2, 0.25) is 0 Å². The summed E-state index contributed by atoms with van der Waals surface area (Å²) in [5.41, 5.74) is 13.2. The third-order valence-corrected chi connectivity index (χ3v) is 2.88. The van der Waals surface area contributed by atoms with Crippen molar-refractivity contribution < 1.29 is 14.3 Å². The quantitative estimate of drug-likeness (QED) is 0.748. The monoisotopic (exact) mass is 287 g/mol. The predicted octanol–water partition coefficient (Wildman–Crippen LogP) is 2.12. The third kappa shape index (κ3) is 3.36. The lowest BCUT2D eigenvalue weighted by Crippen LogP contribution is -2.12. The number of carbonyl (C=O) groups excluding carboxylic acids is 1. The van der Waals surface area contributed by atoms with Gasteiger partial charge in [-0.05, 0) is 30.3 Å². The number of nitrogen functional groups attached to an aromatic ring is 2. The molecule has 0 bridgehead atoms. The summed E-state index contributed by atoms with van der Waals surface area (Å²) in [6.07, 6.45) is 0. The summed E-state index contributed by atoms with van der Waals surface area (Å²) >= 11 is 0. The Labute approximate surface area is 122 Å². The van der Waals surface area contributed by atoms with Gasteiger partial charge in [0.1, 0.15) is 0 Å². The third-order valence-electron chi connectivity index (χ3n) is 2.88. The molecule has 0 aliphatic heterocycles. The molecule has 0 aromatic heterocycles. The average Bonchev–Trinajstić information content (AvgIpc) is 2.46. The zero-order valence-corrected chi connectivity index (χ0v) is 11.8. The number of rotatable bonds is 4. The summed E-state index contributed by atoms with van der Waals surface area (Å²) in [4.78, 5) is 12.2. The highest BCUT2D eigenvalue weighted by Crippen LogP contribution is 2.30. The topological polar surface area (TPSA) is 99.6 Å². The Hall–Kier alpha value is -2.89. The molecule has 0 unspecified atom stereocenters. The fraction of sp³-hybridized carbons (Fsp3) is 0.133. The molecule has 2 aromatic rings. The molecule has 6 nitrogen and oxygen atoms in total. The van der Waals surface area contributed by atoms with Crippen LogP contribution in [0.4, 0.5) is 17.1 Å². The van der Waals surface area contributed by atoms with Gasteiger partial charge in [-0.2, -0.15) is 0 Å².